The van der Waals surface area contributed by atoms with Gasteiger partial charge in [-0.3, -0.25) is 10.1 Å². The zero-order valence-electron chi connectivity index (χ0n) is 7.71. The molecule has 0 spiro atoms. The quantitative estimate of drug-likeness (QED) is 0.426. The predicted octanol–water partition coefficient (Wildman–Crippen LogP) is -1.20. The van der Waals surface area contributed by atoms with Crippen LogP contribution in [-0.2, 0) is 4.79 Å². The molecule has 4 heteroatoms. The van der Waals surface area contributed by atoms with E-state index in [1.54, 1.807) is 11.8 Å². The SMILES string of the molecule is C#CCNCC(=O)N1CC(C)(O)C1. The third-order valence-electron chi connectivity index (χ3n) is 1.92. The average molecular weight is 182 g/mol. The molecule has 0 bridgehead atoms. The zero-order valence-corrected chi connectivity index (χ0v) is 7.71. The van der Waals surface area contributed by atoms with E-state index in [-0.39, 0.29) is 12.5 Å². The molecular formula is C9H14N2O2. The molecule has 1 aliphatic heterocycles. The van der Waals surface area contributed by atoms with E-state index in [1.165, 1.54) is 0 Å². The van der Waals surface area contributed by atoms with Gasteiger partial charge in [0.15, 0.2) is 0 Å². The summed E-state index contributed by atoms with van der Waals surface area (Å²) >= 11 is 0. The van der Waals surface area contributed by atoms with E-state index in [0.29, 0.717) is 19.6 Å². The molecule has 0 aromatic carbocycles. The minimum Gasteiger partial charge on any atom is -0.386 e. The van der Waals surface area contributed by atoms with Crippen molar-refractivity contribution in [2.24, 2.45) is 0 Å². The van der Waals surface area contributed by atoms with Gasteiger partial charge in [0.25, 0.3) is 0 Å². The smallest absolute Gasteiger partial charge is 0.236 e. The summed E-state index contributed by atoms with van der Waals surface area (Å²) in [7, 11) is 0. The minimum atomic E-state index is -0.693. The van der Waals surface area contributed by atoms with Gasteiger partial charge in [-0.2, -0.15) is 0 Å². The summed E-state index contributed by atoms with van der Waals surface area (Å²) in [5.41, 5.74) is -0.693. The Morgan fingerprint density at radius 2 is 2.38 bits per heavy atom. The van der Waals surface area contributed by atoms with Crippen molar-refractivity contribution in [3.05, 3.63) is 0 Å². The van der Waals surface area contributed by atoms with Crippen molar-refractivity contribution < 1.29 is 9.90 Å². The molecule has 1 amide bonds. The molecule has 0 aliphatic carbocycles. The lowest BCUT2D eigenvalue weighted by molar-refractivity contribution is -0.151. The molecule has 4 nitrogen and oxygen atoms in total. The van der Waals surface area contributed by atoms with Crippen molar-refractivity contribution >= 4 is 5.91 Å². The zero-order chi connectivity index (χ0) is 9.90. The van der Waals surface area contributed by atoms with Crippen molar-refractivity contribution in [3.8, 4) is 12.3 Å². The number of carbonyl (C=O) groups is 1. The summed E-state index contributed by atoms with van der Waals surface area (Å²) in [5, 5.41) is 12.2. The Kier molecular flexibility index (Phi) is 2.91. The second kappa shape index (κ2) is 3.77. The van der Waals surface area contributed by atoms with Crippen LogP contribution in [0.1, 0.15) is 6.92 Å². The Hall–Kier alpha value is -1.05. The first kappa shape index (κ1) is 10.0. The van der Waals surface area contributed by atoms with Gasteiger partial charge in [0, 0.05) is 0 Å². The molecule has 1 aliphatic rings. The van der Waals surface area contributed by atoms with Gasteiger partial charge in [-0.1, -0.05) is 5.92 Å². The Morgan fingerprint density at radius 1 is 1.77 bits per heavy atom. The molecule has 13 heavy (non-hydrogen) atoms. The van der Waals surface area contributed by atoms with Crippen molar-refractivity contribution in [2.75, 3.05) is 26.2 Å². The number of hydrogen-bond donors (Lipinski definition) is 2. The van der Waals surface area contributed by atoms with E-state index >= 15 is 0 Å². The van der Waals surface area contributed by atoms with Gasteiger partial charge in [0.05, 0.1) is 31.8 Å². The molecule has 0 saturated carbocycles. The molecule has 0 atom stereocenters. The molecule has 1 fully saturated rings. The number of aliphatic hydroxyl groups is 1. The molecule has 72 valence electrons. The van der Waals surface area contributed by atoms with E-state index < -0.39 is 5.60 Å². The van der Waals surface area contributed by atoms with E-state index in [2.05, 4.69) is 11.2 Å². The van der Waals surface area contributed by atoms with E-state index in [4.69, 9.17) is 6.42 Å². The Balaban J connectivity index is 2.17. The number of rotatable bonds is 3. The first-order valence-electron chi connectivity index (χ1n) is 4.19. The van der Waals surface area contributed by atoms with Gasteiger partial charge >= 0.3 is 0 Å². The summed E-state index contributed by atoms with van der Waals surface area (Å²) in [4.78, 5) is 12.9. The van der Waals surface area contributed by atoms with Gasteiger partial charge < -0.3 is 10.0 Å². The van der Waals surface area contributed by atoms with Gasteiger partial charge in [-0.05, 0) is 6.92 Å². The monoisotopic (exact) mass is 182 g/mol. The summed E-state index contributed by atoms with van der Waals surface area (Å²) in [6.07, 6.45) is 5.00. The summed E-state index contributed by atoms with van der Waals surface area (Å²) in [6.45, 7) is 3.20. The van der Waals surface area contributed by atoms with Crippen LogP contribution in [0.2, 0.25) is 0 Å². The first-order chi connectivity index (χ1) is 6.05. The van der Waals surface area contributed by atoms with Crippen LogP contribution < -0.4 is 5.32 Å². The first-order valence-corrected chi connectivity index (χ1v) is 4.19. The third-order valence-corrected chi connectivity index (χ3v) is 1.92. The van der Waals surface area contributed by atoms with Crippen LogP contribution in [0.15, 0.2) is 0 Å². The van der Waals surface area contributed by atoms with Crippen LogP contribution in [0.25, 0.3) is 0 Å². The van der Waals surface area contributed by atoms with E-state index in [0.717, 1.165) is 0 Å². The van der Waals surface area contributed by atoms with Gasteiger partial charge in [0.2, 0.25) is 5.91 Å². The maximum atomic E-state index is 11.3. The Labute approximate surface area is 77.9 Å². The summed E-state index contributed by atoms with van der Waals surface area (Å²) < 4.78 is 0. The predicted molar refractivity (Wildman–Crippen MR) is 48.9 cm³/mol. The maximum Gasteiger partial charge on any atom is 0.236 e. The fraction of sp³-hybridized carbons (Fsp3) is 0.667. The van der Waals surface area contributed by atoms with E-state index in [9.17, 15) is 9.90 Å². The third kappa shape index (κ3) is 2.72. The summed E-state index contributed by atoms with van der Waals surface area (Å²) in [5.74, 6) is 2.37. The average Bonchev–Trinajstić information content (AvgIpc) is 2.00. The van der Waals surface area contributed by atoms with Gasteiger partial charge in [-0.25, -0.2) is 0 Å². The molecule has 1 heterocycles. The topological polar surface area (TPSA) is 52.6 Å². The lowest BCUT2D eigenvalue weighted by Crippen LogP contribution is -2.63. The molecule has 1 rings (SSSR count). The number of terminal acetylenes is 1. The Bertz CT molecular complexity index is 234. The molecule has 0 aromatic rings. The standard InChI is InChI=1S/C9H14N2O2/c1-3-4-10-5-8(12)11-6-9(2,13)7-11/h1,10,13H,4-7H2,2H3. The molecule has 2 N–H and O–H groups in total. The van der Waals surface area contributed by atoms with Crippen molar-refractivity contribution in [1.82, 2.24) is 10.2 Å². The second-order valence-corrected chi connectivity index (χ2v) is 3.55. The van der Waals surface area contributed by atoms with Crippen LogP contribution >= 0.6 is 0 Å². The highest BCUT2D eigenvalue weighted by molar-refractivity contribution is 5.79. The number of amides is 1. The fourth-order valence-corrected chi connectivity index (χ4v) is 1.31. The number of nitrogens with one attached hydrogen (secondary N) is 1. The lowest BCUT2D eigenvalue weighted by atomic mass is 9.97. The second-order valence-electron chi connectivity index (χ2n) is 3.55. The number of likely N-dealkylation sites (tertiary alicyclic amines) is 1. The van der Waals surface area contributed by atoms with Crippen LogP contribution in [0, 0.1) is 12.3 Å². The van der Waals surface area contributed by atoms with Crippen molar-refractivity contribution in [2.45, 2.75) is 12.5 Å². The van der Waals surface area contributed by atoms with Gasteiger partial charge in [-0.15, -0.1) is 6.42 Å². The highest BCUT2D eigenvalue weighted by atomic mass is 16.3. The highest BCUT2D eigenvalue weighted by Gasteiger charge is 2.38. The summed E-state index contributed by atoms with van der Waals surface area (Å²) in [6, 6.07) is 0. The molecule has 0 radical (unpaired) electrons. The minimum absolute atomic E-state index is 0.0122. The van der Waals surface area contributed by atoms with Crippen LogP contribution in [0.5, 0.6) is 0 Å². The number of hydrogen-bond acceptors (Lipinski definition) is 3. The number of β-amino-alcohol motifs (C(OH)–C–C–N with tert-alkyl or cyclic N) is 1. The number of nitrogens with zero attached hydrogens (tertiary/aromatic N) is 1. The lowest BCUT2D eigenvalue weighted by Gasteiger charge is -2.44. The Morgan fingerprint density at radius 3 is 2.85 bits per heavy atom. The molecule has 0 aromatic heterocycles. The maximum absolute atomic E-state index is 11.3. The van der Waals surface area contributed by atoms with Crippen molar-refractivity contribution in [3.63, 3.8) is 0 Å². The van der Waals surface area contributed by atoms with Crippen LogP contribution in [0.3, 0.4) is 0 Å². The normalized spacial score (nSPS) is 19.0. The number of carbonyl (C=O) groups excluding carboxylic acids is 1. The largest absolute Gasteiger partial charge is 0.386 e. The van der Waals surface area contributed by atoms with Crippen LogP contribution in [-0.4, -0.2) is 47.7 Å². The van der Waals surface area contributed by atoms with Crippen molar-refractivity contribution in [1.29, 1.82) is 0 Å². The fourth-order valence-electron chi connectivity index (χ4n) is 1.31. The van der Waals surface area contributed by atoms with E-state index in [1.807, 2.05) is 0 Å². The molecule has 0 unspecified atom stereocenters. The molecular weight excluding hydrogens is 168 g/mol. The van der Waals surface area contributed by atoms with Gasteiger partial charge in [0.1, 0.15) is 0 Å². The highest BCUT2D eigenvalue weighted by Crippen LogP contribution is 2.18. The van der Waals surface area contributed by atoms with Crippen LogP contribution in [0.4, 0.5) is 0 Å². The molecule has 1 saturated heterocycles.